The first-order valence-electron chi connectivity index (χ1n) is 9.86. The minimum atomic E-state index is 0. The average molecular weight is 489 g/mol. The minimum absolute atomic E-state index is 0. The highest BCUT2D eigenvalue weighted by molar-refractivity contribution is 14.0. The lowest BCUT2D eigenvalue weighted by Crippen LogP contribution is -2.40. The Morgan fingerprint density at radius 1 is 1.33 bits per heavy atom. The molecule has 1 heterocycles. The van der Waals surface area contributed by atoms with Gasteiger partial charge in [0, 0.05) is 38.2 Å². The number of hydrogen-bond acceptors (Lipinski definition) is 3. The fourth-order valence-corrected chi connectivity index (χ4v) is 3.16. The normalized spacial score (nSPS) is 17.1. The number of nitrogens with zero attached hydrogens (tertiary/aromatic N) is 2. The number of nitrogens with one attached hydrogen (secondary N) is 1. The predicted octanol–water partition coefficient (Wildman–Crippen LogP) is 4.16. The molecule has 0 spiro atoms. The Bertz CT molecular complexity index is 566. The molecule has 0 bridgehead atoms. The predicted molar refractivity (Wildman–Crippen MR) is 123 cm³/mol. The van der Waals surface area contributed by atoms with Crippen LogP contribution in [0.1, 0.15) is 39.2 Å². The molecule has 0 aliphatic carbocycles. The fraction of sp³-hybridized carbons (Fsp3) is 0.667. The van der Waals surface area contributed by atoms with Crippen molar-refractivity contribution in [1.29, 1.82) is 0 Å². The monoisotopic (exact) mass is 489 g/mol. The second kappa shape index (κ2) is 13.2. The van der Waals surface area contributed by atoms with E-state index < -0.39 is 0 Å². The molecule has 1 aromatic carbocycles. The first-order valence-corrected chi connectivity index (χ1v) is 9.86. The summed E-state index contributed by atoms with van der Waals surface area (Å²) in [6.45, 7) is 11.7. The van der Waals surface area contributed by atoms with Crippen molar-refractivity contribution in [2.75, 3.05) is 40.0 Å². The SMILES string of the molecule is CCNC(=NCc1ccccc1OCCC(C)C)N1CCC(COC)C1.I. The molecule has 27 heavy (non-hydrogen) atoms. The molecule has 0 radical (unpaired) electrons. The largest absolute Gasteiger partial charge is 0.493 e. The van der Waals surface area contributed by atoms with Crippen LogP contribution in [0.5, 0.6) is 5.75 Å². The molecule has 0 saturated carbocycles. The molecule has 6 heteroatoms. The molecule has 0 amide bonds. The van der Waals surface area contributed by atoms with E-state index in [-0.39, 0.29) is 24.0 Å². The third-order valence-corrected chi connectivity index (χ3v) is 4.65. The standard InChI is InChI=1S/C21H35N3O2.HI/c1-5-22-21(24-12-10-18(15-24)16-25-4)23-14-19-8-6-7-9-20(19)26-13-11-17(2)3;/h6-9,17-18H,5,10-16H2,1-4H3,(H,22,23);1H. The third-order valence-electron chi connectivity index (χ3n) is 4.65. The van der Waals surface area contributed by atoms with Gasteiger partial charge >= 0.3 is 0 Å². The van der Waals surface area contributed by atoms with Crippen molar-refractivity contribution >= 4 is 29.9 Å². The second-order valence-electron chi connectivity index (χ2n) is 7.36. The molecule has 1 atom stereocenters. The minimum Gasteiger partial charge on any atom is -0.493 e. The molecule has 2 rings (SSSR count). The van der Waals surface area contributed by atoms with Crippen molar-refractivity contribution in [3.63, 3.8) is 0 Å². The Morgan fingerprint density at radius 3 is 2.81 bits per heavy atom. The van der Waals surface area contributed by atoms with Gasteiger partial charge < -0.3 is 19.7 Å². The number of guanidine groups is 1. The number of para-hydroxylation sites is 1. The summed E-state index contributed by atoms with van der Waals surface area (Å²) in [4.78, 5) is 7.22. The Morgan fingerprint density at radius 2 is 2.11 bits per heavy atom. The Labute approximate surface area is 181 Å². The van der Waals surface area contributed by atoms with Crippen molar-refractivity contribution in [2.24, 2.45) is 16.8 Å². The molecule has 1 aliphatic heterocycles. The van der Waals surface area contributed by atoms with Crippen molar-refractivity contribution < 1.29 is 9.47 Å². The molecule has 1 fully saturated rings. The lowest BCUT2D eigenvalue weighted by molar-refractivity contribution is 0.157. The Kier molecular flexibility index (Phi) is 11.7. The summed E-state index contributed by atoms with van der Waals surface area (Å²) in [5, 5.41) is 3.43. The van der Waals surface area contributed by atoms with Gasteiger partial charge in [0.15, 0.2) is 5.96 Å². The number of halogens is 1. The molecule has 1 aromatic rings. The van der Waals surface area contributed by atoms with Gasteiger partial charge in [0.25, 0.3) is 0 Å². The molecule has 1 unspecified atom stereocenters. The summed E-state index contributed by atoms with van der Waals surface area (Å²) in [6.07, 6.45) is 2.22. The van der Waals surface area contributed by atoms with Crippen LogP contribution in [0.3, 0.4) is 0 Å². The van der Waals surface area contributed by atoms with Crippen molar-refractivity contribution in [3.05, 3.63) is 29.8 Å². The van der Waals surface area contributed by atoms with Crippen LogP contribution in [0, 0.1) is 11.8 Å². The van der Waals surface area contributed by atoms with Crippen molar-refractivity contribution in [2.45, 2.75) is 40.2 Å². The van der Waals surface area contributed by atoms with Crippen LogP contribution >= 0.6 is 24.0 Å². The number of benzene rings is 1. The number of ether oxygens (including phenoxy) is 2. The van der Waals surface area contributed by atoms with Gasteiger partial charge in [-0.15, -0.1) is 24.0 Å². The van der Waals surface area contributed by atoms with Gasteiger partial charge in [0.05, 0.1) is 19.8 Å². The van der Waals surface area contributed by atoms with Crippen LogP contribution in [-0.4, -0.2) is 50.8 Å². The quantitative estimate of drug-likeness (QED) is 0.322. The smallest absolute Gasteiger partial charge is 0.194 e. The van der Waals surface area contributed by atoms with E-state index in [1.165, 1.54) is 0 Å². The lowest BCUT2D eigenvalue weighted by Gasteiger charge is -2.22. The molecular weight excluding hydrogens is 453 g/mol. The zero-order valence-corrected chi connectivity index (χ0v) is 19.6. The average Bonchev–Trinajstić information content (AvgIpc) is 3.08. The molecule has 154 valence electrons. The number of likely N-dealkylation sites (tertiary alicyclic amines) is 1. The topological polar surface area (TPSA) is 46.1 Å². The van der Waals surface area contributed by atoms with Crippen molar-refractivity contribution in [3.8, 4) is 5.75 Å². The Hall–Kier alpha value is -1.02. The highest BCUT2D eigenvalue weighted by Gasteiger charge is 2.24. The van der Waals surface area contributed by atoms with Crippen LogP contribution in [0.4, 0.5) is 0 Å². The summed E-state index contributed by atoms with van der Waals surface area (Å²) in [5.41, 5.74) is 1.14. The van der Waals surface area contributed by atoms with E-state index in [1.54, 1.807) is 7.11 Å². The molecule has 1 saturated heterocycles. The summed E-state index contributed by atoms with van der Waals surface area (Å²) >= 11 is 0. The van der Waals surface area contributed by atoms with Gasteiger partial charge in [-0.05, 0) is 31.7 Å². The van der Waals surface area contributed by atoms with E-state index in [2.05, 4.69) is 43.1 Å². The summed E-state index contributed by atoms with van der Waals surface area (Å²) in [5.74, 6) is 3.18. The third kappa shape index (κ3) is 8.25. The summed E-state index contributed by atoms with van der Waals surface area (Å²) in [6, 6.07) is 8.23. The van der Waals surface area contributed by atoms with Gasteiger partial charge in [-0.3, -0.25) is 0 Å². The molecular formula is C21H36IN3O2. The van der Waals surface area contributed by atoms with Crippen LogP contribution in [0.25, 0.3) is 0 Å². The second-order valence-corrected chi connectivity index (χ2v) is 7.36. The number of hydrogen-bond donors (Lipinski definition) is 1. The first-order chi connectivity index (χ1) is 12.6. The fourth-order valence-electron chi connectivity index (χ4n) is 3.16. The van der Waals surface area contributed by atoms with Crippen LogP contribution in [0.2, 0.25) is 0 Å². The van der Waals surface area contributed by atoms with Crippen molar-refractivity contribution in [1.82, 2.24) is 10.2 Å². The molecule has 5 nitrogen and oxygen atoms in total. The molecule has 0 aromatic heterocycles. The summed E-state index contributed by atoms with van der Waals surface area (Å²) < 4.78 is 11.3. The number of methoxy groups -OCH3 is 1. The number of aliphatic imine (C=N–C) groups is 1. The maximum Gasteiger partial charge on any atom is 0.194 e. The molecule has 1 aliphatic rings. The van der Waals surface area contributed by atoms with Gasteiger partial charge in [0.1, 0.15) is 5.75 Å². The van der Waals surface area contributed by atoms with Gasteiger partial charge in [-0.2, -0.15) is 0 Å². The van der Waals surface area contributed by atoms with Gasteiger partial charge in [-0.1, -0.05) is 32.0 Å². The highest BCUT2D eigenvalue weighted by Crippen LogP contribution is 2.21. The van der Waals surface area contributed by atoms with E-state index >= 15 is 0 Å². The van der Waals surface area contributed by atoms with Gasteiger partial charge in [-0.25, -0.2) is 4.99 Å². The highest BCUT2D eigenvalue weighted by atomic mass is 127. The first kappa shape index (κ1) is 24.0. The number of rotatable bonds is 9. The van der Waals surface area contributed by atoms with Crippen LogP contribution < -0.4 is 10.1 Å². The van der Waals surface area contributed by atoms with E-state index in [4.69, 9.17) is 14.5 Å². The molecule has 1 N–H and O–H groups in total. The van der Waals surface area contributed by atoms with E-state index in [0.29, 0.717) is 18.4 Å². The zero-order chi connectivity index (χ0) is 18.8. The maximum atomic E-state index is 5.99. The van der Waals surface area contributed by atoms with Crippen LogP contribution in [0.15, 0.2) is 29.3 Å². The maximum absolute atomic E-state index is 5.99. The Balaban J connectivity index is 0.00000364. The van der Waals surface area contributed by atoms with Crippen LogP contribution in [-0.2, 0) is 11.3 Å². The zero-order valence-electron chi connectivity index (χ0n) is 17.2. The lowest BCUT2D eigenvalue weighted by atomic mass is 10.1. The van der Waals surface area contributed by atoms with E-state index in [0.717, 1.165) is 63.0 Å². The van der Waals surface area contributed by atoms with E-state index in [9.17, 15) is 0 Å². The van der Waals surface area contributed by atoms with E-state index in [1.807, 2.05) is 12.1 Å². The van der Waals surface area contributed by atoms with Gasteiger partial charge in [0.2, 0.25) is 0 Å². The summed E-state index contributed by atoms with van der Waals surface area (Å²) in [7, 11) is 1.78.